The van der Waals surface area contributed by atoms with E-state index in [2.05, 4.69) is 29.6 Å². The van der Waals surface area contributed by atoms with Crippen LogP contribution in [0.2, 0.25) is 0 Å². The van der Waals surface area contributed by atoms with E-state index in [-0.39, 0.29) is 0 Å². The van der Waals surface area contributed by atoms with Crippen molar-refractivity contribution in [2.75, 3.05) is 13.1 Å². The first-order valence-electron chi connectivity index (χ1n) is 6.59. The molecule has 0 bridgehead atoms. The van der Waals surface area contributed by atoms with Gasteiger partial charge in [0, 0.05) is 11.3 Å². The Morgan fingerprint density at radius 1 is 1.06 bits per heavy atom. The van der Waals surface area contributed by atoms with Gasteiger partial charge in [-0.15, -0.1) is 0 Å². The summed E-state index contributed by atoms with van der Waals surface area (Å²) in [6, 6.07) is 10.6. The normalized spacial score (nSPS) is 32.1. The summed E-state index contributed by atoms with van der Waals surface area (Å²) in [6.07, 6.45) is 2.61. The summed E-state index contributed by atoms with van der Waals surface area (Å²) < 4.78 is 6.00. The highest BCUT2D eigenvalue weighted by Gasteiger charge is 2.38. The summed E-state index contributed by atoms with van der Waals surface area (Å²) >= 11 is 0. The number of furan rings is 1. The molecule has 1 saturated carbocycles. The molecule has 1 aromatic carbocycles. The summed E-state index contributed by atoms with van der Waals surface area (Å²) in [5.74, 6) is 3.63. The predicted molar refractivity (Wildman–Crippen MR) is 68.0 cm³/mol. The van der Waals surface area contributed by atoms with Gasteiger partial charge in [-0.3, -0.25) is 0 Å². The minimum Gasteiger partial charge on any atom is -0.461 e. The molecule has 2 atom stereocenters. The molecular formula is C15H17NO. The van der Waals surface area contributed by atoms with Crippen LogP contribution in [0, 0.1) is 11.8 Å². The van der Waals surface area contributed by atoms with Crippen molar-refractivity contribution in [2.45, 2.75) is 18.8 Å². The molecular weight excluding hydrogens is 210 g/mol. The van der Waals surface area contributed by atoms with Gasteiger partial charge in [-0.2, -0.15) is 0 Å². The first-order chi connectivity index (χ1) is 8.40. The average Bonchev–Trinajstić information content (AvgIpc) is 3.01. The summed E-state index contributed by atoms with van der Waals surface area (Å²) in [5, 5.41) is 4.74. The molecule has 1 aliphatic heterocycles. The molecule has 4 rings (SSSR count). The summed E-state index contributed by atoms with van der Waals surface area (Å²) in [4.78, 5) is 0. The molecule has 1 N–H and O–H groups in total. The van der Waals surface area contributed by atoms with Gasteiger partial charge in [-0.05, 0) is 49.9 Å². The second-order valence-electron chi connectivity index (χ2n) is 5.53. The van der Waals surface area contributed by atoms with E-state index in [4.69, 9.17) is 4.42 Å². The standard InChI is InChI=1S/C15H17NO/c1-2-4-14-10(3-1)7-15(17-14)11-5-12-8-16-9-13(12)6-11/h1-4,7,11-13,16H,5-6,8-9H2. The van der Waals surface area contributed by atoms with Crippen molar-refractivity contribution < 1.29 is 4.42 Å². The zero-order valence-electron chi connectivity index (χ0n) is 9.86. The lowest BCUT2D eigenvalue weighted by molar-refractivity contribution is 0.473. The van der Waals surface area contributed by atoms with Crippen LogP contribution in [0.3, 0.4) is 0 Å². The maximum absolute atomic E-state index is 6.00. The molecule has 2 heterocycles. The van der Waals surface area contributed by atoms with Gasteiger partial charge in [0.2, 0.25) is 0 Å². The van der Waals surface area contributed by atoms with Gasteiger partial charge in [-0.1, -0.05) is 18.2 Å². The quantitative estimate of drug-likeness (QED) is 0.809. The molecule has 0 amide bonds. The highest BCUT2D eigenvalue weighted by atomic mass is 16.3. The third kappa shape index (κ3) is 1.51. The Hall–Kier alpha value is -1.28. The van der Waals surface area contributed by atoms with Crippen molar-refractivity contribution in [2.24, 2.45) is 11.8 Å². The minimum atomic E-state index is 0.652. The average molecular weight is 227 g/mol. The number of fused-ring (bicyclic) bond motifs is 2. The summed E-state index contributed by atoms with van der Waals surface area (Å²) in [5.41, 5.74) is 1.04. The molecule has 2 aromatic rings. The molecule has 88 valence electrons. The molecule has 2 nitrogen and oxygen atoms in total. The maximum Gasteiger partial charge on any atom is 0.134 e. The third-order valence-electron chi connectivity index (χ3n) is 4.50. The molecule has 0 radical (unpaired) electrons. The van der Waals surface area contributed by atoms with Crippen LogP contribution < -0.4 is 5.32 Å². The Morgan fingerprint density at radius 2 is 1.82 bits per heavy atom. The van der Waals surface area contributed by atoms with Gasteiger partial charge >= 0.3 is 0 Å². The van der Waals surface area contributed by atoms with Crippen LogP contribution in [0.5, 0.6) is 0 Å². The molecule has 2 unspecified atom stereocenters. The van der Waals surface area contributed by atoms with Crippen molar-refractivity contribution in [3.05, 3.63) is 36.1 Å². The van der Waals surface area contributed by atoms with E-state index in [0.717, 1.165) is 17.4 Å². The maximum atomic E-state index is 6.00. The second-order valence-corrected chi connectivity index (χ2v) is 5.53. The largest absolute Gasteiger partial charge is 0.461 e. The van der Waals surface area contributed by atoms with Gasteiger partial charge in [-0.25, -0.2) is 0 Å². The molecule has 17 heavy (non-hydrogen) atoms. The first-order valence-corrected chi connectivity index (χ1v) is 6.59. The van der Waals surface area contributed by atoms with E-state index >= 15 is 0 Å². The van der Waals surface area contributed by atoms with Crippen molar-refractivity contribution in [1.82, 2.24) is 5.32 Å². The molecule has 2 fully saturated rings. The smallest absolute Gasteiger partial charge is 0.134 e. The fraction of sp³-hybridized carbons (Fsp3) is 0.467. The Balaban J connectivity index is 1.66. The molecule has 0 spiro atoms. The van der Waals surface area contributed by atoms with Crippen LogP contribution in [0.15, 0.2) is 34.7 Å². The lowest BCUT2D eigenvalue weighted by atomic mass is 10.0. The van der Waals surface area contributed by atoms with E-state index in [1.165, 1.54) is 37.1 Å². The Kier molecular flexibility index (Phi) is 2.06. The monoisotopic (exact) mass is 227 g/mol. The van der Waals surface area contributed by atoms with Crippen LogP contribution in [0.4, 0.5) is 0 Å². The summed E-state index contributed by atoms with van der Waals surface area (Å²) in [6.45, 7) is 2.42. The van der Waals surface area contributed by atoms with Crippen LogP contribution in [0.1, 0.15) is 24.5 Å². The number of nitrogens with one attached hydrogen (secondary N) is 1. The van der Waals surface area contributed by atoms with E-state index in [9.17, 15) is 0 Å². The Morgan fingerprint density at radius 3 is 2.59 bits per heavy atom. The Bertz CT molecular complexity index is 500. The van der Waals surface area contributed by atoms with Crippen LogP contribution in [-0.2, 0) is 0 Å². The lowest BCUT2D eigenvalue weighted by Gasteiger charge is -2.07. The SMILES string of the molecule is c1ccc2oc(C3CC4CNCC4C3)cc2c1. The van der Waals surface area contributed by atoms with E-state index in [1.807, 2.05) is 6.07 Å². The van der Waals surface area contributed by atoms with Gasteiger partial charge in [0.05, 0.1) is 0 Å². The van der Waals surface area contributed by atoms with Gasteiger partial charge in [0.25, 0.3) is 0 Å². The van der Waals surface area contributed by atoms with Crippen LogP contribution >= 0.6 is 0 Å². The van der Waals surface area contributed by atoms with Crippen LogP contribution in [0.25, 0.3) is 11.0 Å². The highest BCUT2D eigenvalue weighted by Crippen LogP contribution is 2.45. The number of para-hydroxylation sites is 1. The topological polar surface area (TPSA) is 25.2 Å². The van der Waals surface area contributed by atoms with E-state index in [0.29, 0.717) is 5.92 Å². The molecule has 2 aliphatic rings. The van der Waals surface area contributed by atoms with E-state index in [1.54, 1.807) is 0 Å². The zero-order valence-corrected chi connectivity index (χ0v) is 9.86. The Labute approximate surface area is 101 Å². The van der Waals surface area contributed by atoms with Crippen molar-refractivity contribution in [3.8, 4) is 0 Å². The van der Waals surface area contributed by atoms with Crippen molar-refractivity contribution >= 4 is 11.0 Å². The van der Waals surface area contributed by atoms with Gasteiger partial charge in [0.15, 0.2) is 0 Å². The summed E-state index contributed by atoms with van der Waals surface area (Å²) in [7, 11) is 0. The molecule has 2 heteroatoms. The zero-order chi connectivity index (χ0) is 11.2. The fourth-order valence-corrected chi connectivity index (χ4v) is 3.60. The minimum absolute atomic E-state index is 0.652. The van der Waals surface area contributed by atoms with Crippen molar-refractivity contribution in [3.63, 3.8) is 0 Å². The van der Waals surface area contributed by atoms with Gasteiger partial charge < -0.3 is 9.73 Å². The molecule has 1 saturated heterocycles. The number of hydrogen-bond acceptors (Lipinski definition) is 2. The predicted octanol–water partition coefficient (Wildman–Crippen LogP) is 3.15. The van der Waals surface area contributed by atoms with Crippen LogP contribution in [-0.4, -0.2) is 13.1 Å². The number of rotatable bonds is 1. The second kappa shape index (κ2) is 3.61. The number of benzene rings is 1. The third-order valence-corrected chi connectivity index (χ3v) is 4.50. The van der Waals surface area contributed by atoms with Gasteiger partial charge in [0.1, 0.15) is 11.3 Å². The lowest BCUT2D eigenvalue weighted by Crippen LogP contribution is -2.11. The van der Waals surface area contributed by atoms with E-state index < -0.39 is 0 Å². The number of hydrogen-bond donors (Lipinski definition) is 1. The van der Waals surface area contributed by atoms with Crippen molar-refractivity contribution in [1.29, 1.82) is 0 Å². The highest BCUT2D eigenvalue weighted by molar-refractivity contribution is 5.77. The first kappa shape index (κ1) is 9.72. The molecule has 1 aromatic heterocycles. The molecule has 1 aliphatic carbocycles. The fourth-order valence-electron chi connectivity index (χ4n) is 3.60.